The van der Waals surface area contributed by atoms with Crippen molar-refractivity contribution in [1.29, 1.82) is 0 Å². The number of aryl methyl sites for hydroxylation is 1. The van der Waals surface area contributed by atoms with E-state index >= 15 is 0 Å². The molecule has 0 aliphatic carbocycles. The quantitative estimate of drug-likeness (QED) is 0.393. The summed E-state index contributed by atoms with van der Waals surface area (Å²) in [5, 5.41) is 10.5. The van der Waals surface area contributed by atoms with Gasteiger partial charge in [-0.25, -0.2) is 18.5 Å². The van der Waals surface area contributed by atoms with E-state index in [0.717, 1.165) is 27.7 Å². The van der Waals surface area contributed by atoms with Gasteiger partial charge in [-0.15, -0.1) is 0 Å². The van der Waals surface area contributed by atoms with Crippen molar-refractivity contribution in [3.8, 4) is 11.3 Å². The molecule has 0 radical (unpaired) electrons. The molecule has 0 aliphatic heterocycles. The van der Waals surface area contributed by atoms with E-state index in [4.69, 9.17) is 5.14 Å². The predicted molar refractivity (Wildman–Crippen MR) is 115 cm³/mol. The zero-order valence-corrected chi connectivity index (χ0v) is 16.5. The van der Waals surface area contributed by atoms with Gasteiger partial charge in [-0.2, -0.15) is 5.10 Å². The lowest BCUT2D eigenvalue weighted by Crippen LogP contribution is -2.12. The van der Waals surface area contributed by atoms with Crippen LogP contribution in [-0.2, 0) is 17.1 Å². The molecule has 2 heterocycles. The largest absolute Gasteiger partial charge is 0.343 e. The van der Waals surface area contributed by atoms with Crippen molar-refractivity contribution >= 4 is 33.0 Å². The first-order chi connectivity index (χ1) is 13.9. The summed E-state index contributed by atoms with van der Waals surface area (Å²) in [5.74, 6) is 0.412. The zero-order chi connectivity index (χ0) is 20.4. The molecule has 7 nitrogen and oxygen atoms in total. The van der Waals surface area contributed by atoms with Gasteiger partial charge in [0.1, 0.15) is 10.7 Å². The van der Waals surface area contributed by atoms with Crippen LogP contribution < -0.4 is 10.6 Å². The standard InChI is InChI=1S/C21H19N5O2S/c1-26-19-10-6-5-9-17(19)18(21(26)15-7-3-2-4-8-15)14-24-25-20-12-11-16(13-23-20)29(22,27)28/h2-14H,1H3,(H,23,25)(H2,22,27,28)/b24-14+. The fourth-order valence-electron chi connectivity index (χ4n) is 3.28. The molecule has 0 fully saturated rings. The average molecular weight is 405 g/mol. The number of nitrogens with two attached hydrogens (primary N) is 1. The number of aromatic nitrogens is 2. The zero-order valence-electron chi connectivity index (χ0n) is 15.6. The molecule has 0 saturated carbocycles. The van der Waals surface area contributed by atoms with Crippen molar-refractivity contribution in [2.45, 2.75) is 4.90 Å². The summed E-state index contributed by atoms with van der Waals surface area (Å²) >= 11 is 0. The highest BCUT2D eigenvalue weighted by Gasteiger charge is 2.15. The van der Waals surface area contributed by atoms with E-state index in [0.29, 0.717) is 5.82 Å². The van der Waals surface area contributed by atoms with Crippen LogP contribution >= 0.6 is 0 Å². The first kappa shape index (κ1) is 18.9. The normalized spacial score (nSPS) is 11.9. The second kappa shape index (κ2) is 7.50. The van der Waals surface area contributed by atoms with Crippen molar-refractivity contribution < 1.29 is 8.42 Å². The first-order valence-corrected chi connectivity index (χ1v) is 10.4. The maximum atomic E-state index is 11.3. The van der Waals surface area contributed by atoms with Gasteiger partial charge >= 0.3 is 0 Å². The van der Waals surface area contributed by atoms with Crippen LogP contribution in [0.3, 0.4) is 0 Å². The van der Waals surface area contributed by atoms with E-state index in [-0.39, 0.29) is 4.90 Å². The van der Waals surface area contributed by atoms with Crippen LogP contribution in [0.15, 0.2) is 82.9 Å². The van der Waals surface area contributed by atoms with E-state index in [1.807, 2.05) is 37.4 Å². The third kappa shape index (κ3) is 3.75. The third-order valence-electron chi connectivity index (χ3n) is 4.63. The van der Waals surface area contributed by atoms with Crippen LogP contribution in [0.5, 0.6) is 0 Å². The molecule has 0 unspecified atom stereocenters. The summed E-state index contributed by atoms with van der Waals surface area (Å²) in [4.78, 5) is 3.99. The Morgan fingerprint density at radius 3 is 2.45 bits per heavy atom. The van der Waals surface area contributed by atoms with Crippen LogP contribution in [0.4, 0.5) is 5.82 Å². The Labute approximate surface area is 168 Å². The Morgan fingerprint density at radius 2 is 1.76 bits per heavy atom. The maximum absolute atomic E-state index is 11.3. The number of hydrazone groups is 1. The summed E-state index contributed by atoms with van der Waals surface area (Å²) in [6.45, 7) is 0. The van der Waals surface area contributed by atoms with E-state index in [1.54, 1.807) is 6.21 Å². The molecule has 29 heavy (non-hydrogen) atoms. The topological polar surface area (TPSA) is 102 Å². The molecule has 8 heteroatoms. The first-order valence-electron chi connectivity index (χ1n) is 8.86. The lowest BCUT2D eigenvalue weighted by molar-refractivity contribution is 0.597. The molecule has 0 bridgehead atoms. The van der Waals surface area contributed by atoms with Crippen molar-refractivity contribution in [3.63, 3.8) is 0 Å². The molecule has 4 aromatic rings. The number of primary sulfonamides is 1. The Balaban J connectivity index is 1.70. The van der Waals surface area contributed by atoms with Gasteiger partial charge in [0.15, 0.2) is 0 Å². The summed E-state index contributed by atoms with van der Waals surface area (Å²) in [7, 11) is -1.74. The number of nitrogens with zero attached hydrogens (tertiary/aromatic N) is 3. The highest BCUT2D eigenvalue weighted by Crippen LogP contribution is 2.31. The molecule has 0 saturated heterocycles. The molecule has 4 rings (SSSR count). The van der Waals surface area contributed by atoms with Crippen LogP contribution in [0.2, 0.25) is 0 Å². The molecular formula is C21H19N5O2S. The number of pyridine rings is 1. The molecular weight excluding hydrogens is 386 g/mol. The predicted octanol–water partition coefficient (Wildman–Crippen LogP) is 3.33. The molecule has 0 atom stereocenters. The van der Waals surface area contributed by atoms with Crippen molar-refractivity contribution in [1.82, 2.24) is 9.55 Å². The molecule has 3 N–H and O–H groups in total. The van der Waals surface area contributed by atoms with Crippen molar-refractivity contribution in [3.05, 3.63) is 78.5 Å². The molecule has 0 aliphatic rings. The van der Waals surface area contributed by atoms with Gasteiger partial charge in [0, 0.05) is 29.7 Å². The van der Waals surface area contributed by atoms with Gasteiger partial charge in [-0.1, -0.05) is 48.5 Å². The lowest BCUT2D eigenvalue weighted by atomic mass is 10.1. The van der Waals surface area contributed by atoms with Gasteiger partial charge in [-0.3, -0.25) is 5.43 Å². The van der Waals surface area contributed by atoms with E-state index < -0.39 is 10.0 Å². The van der Waals surface area contributed by atoms with Crippen LogP contribution in [0, 0.1) is 0 Å². The number of hydrogen-bond acceptors (Lipinski definition) is 5. The Kier molecular flexibility index (Phi) is 4.87. The van der Waals surface area contributed by atoms with Gasteiger partial charge < -0.3 is 4.57 Å². The summed E-state index contributed by atoms with van der Waals surface area (Å²) in [6.07, 6.45) is 2.94. The number of nitrogens with one attached hydrogen (secondary N) is 1. The van der Waals surface area contributed by atoms with E-state index in [9.17, 15) is 8.42 Å². The smallest absolute Gasteiger partial charge is 0.239 e. The van der Waals surface area contributed by atoms with E-state index in [2.05, 4.69) is 44.3 Å². The average Bonchev–Trinajstić information content (AvgIpc) is 3.01. The maximum Gasteiger partial charge on any atom is 0.239 e. The Hall–Kier alpha value is -3.49. The summed E-state index contributed by atoms with van der Waals surface area (Å²) in [5.41, 5.74) is 7.05. The van der Waals surface area contributed by atoms with Gasteiger partial charge in [0.2, 0.25) is 10.0 Å². The van der Waals surface area contributed by atoms with Gasteiger partial charge in [0.05, 0.1) is 11.9 Å². The van der Waals surface area contributed by atoms with Crippen molar-refractivity contribution in [2.75, 3.05) is 5.43 Å². The van der Waals surface area contributed by atoms with Crippen LogP contribution in [-0.4, -0.2) is 24.2 Å². The van der Waals surface area contributed by atoms with Crippen LogP contribution in [0.25, 0.3) is 22.2 Å². The number of sulfonamides is 1. The SMILES string of the molecule is Cn1c(-c2ccccc2)c(/C=N/Nc2ccc(S(N)(=O)=O)cn2)c2ccccc21. The Morgan fingerprint density at radius 1 is 1.03 bits per heavy atom. The monoisotopic (exact) mass is 405 g/mol. The minimum atomic E-state index is -3.77. The number of hydrogen-bond donors (Lipinski definition) is 2. The number of rotatable bonds is 5. The minimum Gasteiger partial charge on any atom is -0.343 e. The number of fused-ring (bicyclic) bond motifs is 1. The van der Waals surface area contributed by atoms with Crippen molar-refractivity contribution in [2.24, 2.45) is 17.3 Å². The second-order valence-electron chi connectivity index (χ2n) is 6.50. The van der Waals surface area contributed by atoms with Gasteiger partial charge in [-0.05, 0) is 23.8 Å². The van der Waals surface area contributed by atoms with Crippen LogP contribution in [0.1, 0.15) is 5.56 Å². The molecule has 2 aromatic heterocycles. The van der Waals surface area contributed by atoms with Gasteiger partial charge in [0.25, 0.3) is 0 Å². The fraction of sp³-hybridized carbons (Fsp3) is 0.0476. The fourth-order valence-corrected chi connectivity index (χ4v) is 3.73. The minimum absolute atomic E-state index is 0.0487. The molecule has 0 spiro atoms. The summed E-state index contributed by atoms with van der Waals surface area (Å²) in [6, 6.07) is 21.1. The molecule has 146 valence electrons. The highest BCUT2D eigenvalue weighted by molar-refractivity contribution is 7.89. The number of benzene rings is 2. The van der Waals surface area contributed by atoms with E-state index in [1.165, 1.54) is 18.3 Å². The second-order valence-corrected chi connectivity index (χ2v) is 8.06. The lowest BCUT2D eigenvalue weighted by Gasteiger charge is -2.06. The molecule has 0 amide bonds. The highest BCUT2D eigenvalue weighted by atomic mass is 32.2. The summed E-state index contributed by atoms with van der Waals surface area (Å²) < 4.78 is 24.8. The number of para-hydroxylation sites is 1. The number of anilines is 1. The molecule has 2 aromatic carbocycles. The third-order valence-corrected chi connectivity index (χ3v) is 5.53. The Bertz CT molecular complexity index is 1290.